The number of nitriles is 1. The third-order valence-electron chi connectivity index (χ3n) is 2.21. The SMILES string of the molecule is Cc1cc2ccsc2c(C=O)c1C#N. The normalized spacial score (nSPS) is 10.0. The Bertz CT molecular complexity index is 548. The maximum atomic E-state index is 10.9. The molecule has 2 nitrogen and oxygen atoms in total. The van der Waals surface area contributed by atoms with E-state index in [9.17, 15) is 4.79 Å². The monoisotopic (exact) mass is 201 g/mol. The lowest BCUT2D eigenvalue weighted by molar-refractivity contribution is 0.112. The third kappa shape index (κ3) is 1.12. The van der Waals surface area contributed by atoms with E-state index in [4.69, 9.17) is 5.26 Å². The molecular formula is C11H7NOS. The largest absolute Gasteiger partial charge is 0.298 e. The van der Waals surface area contributed by atoms with Crippen molar-refractivity contribution < 1.29 is 4.79 Å². The fourth-order valence-electron chi connectivity index (χ4n) is 1.54. The van der Waals surface area contributed by atoms with E-state index in [1.54, 1.807) is 0 Å². The zero-order valence-corrected chi connectivity index (χ0v) is 8.39. The number of carbonyl (C=O) groups excluding carboxylic acids is 1. The summed E-state index contributed by atoms with van der Waals surface area (Å²) in [5, 5.41) is 11.9. The number of aryl methyl sites for hydroxylation is 1. The first-order valence-electron chi connectivity index (χ1n) is 4.14. The number of aldehydes is 1. The van der Waals surface area contributed by atoms with Gasteiger partial charge < -0.3 is 0 Å². The van der Waals surface area contributed by atoms with Gasteiger partial charge in [-0.05, 0) is 35.4 Å². The first kappa shape index (κ1) is 8.92. The van der Waals surface area contributed by atoms with E-state index in [0.29, 0.717) is 11.1 Å². The van der Waals surface area contributed by atoms with Gasteiger partial charge in [0.2, 0.25) is 0 Å². The van der Waals surface area contributed by atoms with Gasteiger partial charge in [0.25, 0.3) is 0 Å². The molecule has 0 bridgehead atoms. The molecule has 0 aliphatic rings. The lowest BCUT2D eigenvalue weighted by Gasteiger charge is -2.01. The average Bonchev–Trinajstić information content (AvgIpc) is 2.62. The highest BCUT2D eigenvalue weighted by Gasteiger charge is 2.10. The van der Waals surface area contributed by atoms with Gasteiger partial charge in [-0.2, -0.15) is 5.26 Å². The Morgan fingerprint density at radius 2 is 2.36 bits per heavy atom. The maximum absolute atomic E-state index is 10.9. The van der Waals surface area contributed by atoms with Crippen molar-refractivity contribution in [3.63, 3.8) is 0 Å². The first-order valence-corrected chi connectivity index (χ1v) is 5.02. The molecule has 2 aromatic rings. The third-order valence-corrected chi connectivity index (χ3v) is 3.17. The van der Waals surface area contributed by atoms with Gasteiger partial charge >= 0.3 is 0 Å². The van der Waals surface area contributed by atoms with Crippen molar-refractivity contribution in [2.24, 2.45) is 0 Å². The van der Waals surface area contributed by atoms with Crippen LogP contribution in [0.3, 0.4) is 0 Å². The van der Waals surface area contributed by atoms with Crippen LogP contribution in [0.5, 0.6) is 0 Å². The molecule has 1 aromatic carbocycles. The fraction of sp³-hybridized carbons (Fsp3) is 0.0909. The van der Waals surface area contributed by atoms with E-state index in [-0.39, 0.29) is 0 Å². The summed E-state index contributed by atoms with van der Waals surface area (Å²) in [5.74, 6) is 0. The molecule has 0 amide bonds. The van der Waals surface area contributed by atoms with Gasteiger partial charge in [-0.3, -0.25) is 4.79 Å². The van der Waals surface area contributed by atoms with Crippen molar-refractivity contribution in [1.82, 2.24) is 0 Å². The standard InChI is InChI=1S/C11H7NOS/c1-7-4-8-2-3-14-11(8)10(6-13)9(7)5-12/h2-4,6H,1H3. The van der Waals surface area contributed by atoms with E-state index < -0.39 is 0 Å². The molecule has 68 valence electrons. The molecule has 1 heterocycles. The topological polar surface area (TPSA) is 40.9 Å². The molecule has 0 unspecified atom stereocenters. The number of rotatable bonds is 1. The van der Waals surface area contributed by atoms with Crippen molar-refractivity contribution in [3.05, 3.63) is 34.2 Å². The number of fused-ring (bicyclic) bond motifs is 1. The smallest absolute Gasteiger partial charge is 0.152 e. The Labute approximate surface area is 85.4 Å². The second-order valence-corrected chi connectivity index (χ2v) is 3.97. The molecule has 0 spiro atoms. The van der Waals surface area contributed by atoms with Crippen LogP contribution in [-0.4, -0.2) is 6.29 Å². The summed E-state index contributed by atoms with van der Waals surface area (Å²) in [6.07, 6.45) is 0.768. The molecule has 0 radical (unpaired) electrons. The summed E-state index contributed by atoms with van der Waals surface area (Å²) in [6, 6.07) is 5.97. The van der Waals surface area contributed by atoms with Crippen LogP contribution in [0.25, 0.3) is 10.1 Å². The molecule has 0 fully saturated rings. The van der Waals surface area contributed by atoms with E-state index in [2.05, 4.69) is 6.07 Å². The van der Waals surface area contributed by atoms with Crippen LogP contribution >= 0.6 is 11.3 Å². The minimum absolute atomic E-state index is 0.495. The highest BCUT2D eigenvalue weighted by molar-refractivity contribution is 7.17. The van der Waals surface area contributed by atoms with Crippen molar-refractivity contribution in [3.8, 4) is 6.07 Å². The van der Waals surface area contributed by atoms with Gasteiger partial charge in [0.1, 0.15) is 6.07 Å². The van der Waals surface area contributed by atoms with Crippen LogP contribution in [0.4, 0.5) is 0 Å². The Kier molecular flexibility index (Phi) is 2.06. The highest BCUT2D eigenvalue weighted by atomic mass is 32.1. The van der Waals surface area contributed by atoms with Crippen LogP contribution in [-0.2, 0) is 0 Å². The van der Waals surface area contributed by atoms with Crippen LogP contribution in [0, 0.1) is 18.3 Å². The van der Waals surface area contributed by atoms with Crippen molar-refractivity contribution in [2.75, 3.05) is 0 Å². The number of thiophene rings is 1. The second-order valence-electron chi connectivity index (χ2n) is 3.05. The molecule has 1 aromatic heterocycles. The average molecular weight is 201 g/mol. The van der Waals surface area contributed by atoms with Gasteiger partial charge in [0, 0.05) is 4.70 Å². The van der Waals surface area contributed by atoms with Crippen LogP contribution in [0.1, 0.15) is 21.5 Å². The van der Waals surface area contributed by atoms with Crippen molar-refractivity contribution in [2.45, 2.75) is 6.92 Å². The van der Waals surface area contributed by atoms with Gasteiger partial charge in [0.15, 0.2) is 6.29 Å². The van der Waals surface area contributed by atoms with E-state index in [1.165, 1.54) is 11.3 Å². The fourth-order valence-corrected chi connectivity index (χ4v) is 2.43. The Morgan fingerprint density at radius 1 is 1.57 bits per heavy atom. The summed E-state index contributed by atoms with van der Waals surface area (Å²) in [4.78, 5) is 10.9. The van der Waals surface area contributed by atoms with Gasteiger partial charge in [-0.25, -0.2) is 0 Å². The number of hydrogen-bond acceptors (Lipinski definition) is 3. The van der Waals surface area contributed by atoms with Crippen LogP contribution in [0.2, 0.25) is 0 Å². The molecule has 0 atom stereocenters. The van der Waals surface area contributed by atoms with E-state index >= 15 is 0 Å². The van der Waals surface area contributed by atoms with Crippen LogP contribution < -0.4 is 0 Å². The molecule has 0 aliphatic heterocycles. The minimum atomic E-state index is 0.495. The molecule has 0 N–H and O–H groups in total. The molecule has 0 saturated heterocycles. The minimum Gasteiger partial charge on any atom is -0.298 e. The zero-order chi connectivity index (χ0) is 10.1. The number of hydrogen-bond donors (Lipinski definition) is 0. The van der Waals surface area contributed by atoms with E-state index in [0.717, 1.165) is 21.9 Å². The van der Waals surface area contributed by atoms with E-state index in [1.807, 2.05) is 24.4 Å². The summed E-state index contributed by atoms with van der Waals surface area (Å²) in [5.41, 5.74) is 1.88. The summed E-state index contributed by atoms with van der Waals surface area (Å²) >= 11 is 1.49. The molecule has 14 heavy (non-hydrogen) atoms. The molecular weight excluding hydrogens is 194 g/mol. The molecule has 3 heteroatoms. The Morgan fingerprint density at radius 3 is 3.00 bits per heavy atom. The van der Waals surface area contributed by atoms with Gasteiger partial charge in [0.05, 0.1) is 11.1 Å². The molecule has 2 rings (SSSR count). The maximum Gasteiger partial charge on any atom is 0.152 e. The van der Waals surface area contributed by atoms with Gasteiger partial charge in [-0.15, -0.1) is 11.3 Å². The zero-order valence-electron chi connectivity index (χ0n) is 7.57. The predicted molar refractivity (Wildman–Crippen MR) is 56.7 cm³/mol. The quantitative estimate of drug-likeness (QED) is 0.665. The summed E-state index contributed by atoms with van der Waals surface area (Å²) < 4.78 is 0.905. The molecule has 0 saturated carbocycles. The van der Waals surface area contributed by atoms with Crippen molar-refractivity contribution in [1.29, 1.82) is 5.26 Å². The van der Waals surface area contributed by atoms with Crippen molar-refractivity contribution >= 4 is 27.7 Å². The van der Waals surface area contributed by atoms with Crippen LogP contribution in [0.15, 0.2) is 17.5 Å². The number of nitrogens with zero attached hydrogens (tertiary/aromatic N) is 1. The first-order chi connectivity index (χ1) is 6.77. The summed E-state index contributed by atoms with van der Waals surface area (Å²) in [6.45, 7) is 1.85. The number of carbonyl (C=O) groups is 1. The molecule has 0 aliphatic carbocycles. The lowest BCUT2D eigenvalue weighted by atomic mass is 10.0. The Hall–Kier alpha value is -1.66. The van der Waals surface area contributed by atoms with Gasteiger partial charge in [-0.1, -0.05) is 0 Å². The predicted octanol–water partition coefficient (Wildman–Crippen LogP) is 2.89. The second kappa shape index (κ2) is 3.24. The lowest BCUT2D eigenvalue weighted by Crippen LogP contribution is -1.91. The number of benzene rings is 1. The summed E-state index contributed by atoms with van der Waals surface area (Å²) in [7, 11) is 0. The highest BCUT2D eigenvalue weighted by Crippen LogP contribution is 2.28. The Balaban J connectivity index is 2.98.